The Labute approximate surface area is 112 Å². The molecule has 106 valence electrons. The molecule has 1 N–H and O–H groups in total. The molecule has 1 rings (SSSR count). The van der Waals surface area contributed by atoms with Crippen molar-refractivity contribution in [1.82, 2.24) is 10.2 Å². The van der Waals surface area contributed by atoms with E-state index >= 15 is 0 Å². The van der Waals surface area contributed by atoms with Crippen LogP contribution in [0.4, 0.5) is 4.79 Å². The third kappa shape index (κ3) is 4.87. The largest absolute Gasteiger partial charge is 0.335 e. The highest BCUT2D eigenvalue weighted by molar-refractivity contribution is 5.74. The van der Waals surface area contributed by atoms with Gasteiger partial charge in [0.1, 0.15) is 0 Å². The Hall–Kier alpha value is -0.730. The number of urea groups is 1. The SMILES string of the molecule is CCCC(CCC)N(C)C(=O)NC1CCCCC1. The number of hydrogen-bond acceptors (Lipinski definition) is 1. The molecule has 0 aromatic carbocycles. The van der Waals surface area contributed by atoms with Gasteiger partial charge in [0.05, 0.1) is 0 Å². The first-order valence-corrected chi connectivity index (χ1v) is 7.72. The van der Waals surface area contributed by atoms with Crippen LogP contribution >= 0.6 is 0 Å². The molecule has 3 nitrogen and oxygen atoms in total. The second-order valence-electron chi connectivity index (χ2n) is 5.63. The second-order valence-corrected chi connectivity index (χ2v) is 5.63. The van der Waals surface area contributed by atoms with Gasteiger partial charge < -0.3 is 10.2 Å². The molecule has 1 aliphatic rings. The first-order chi connectivity index (χ1) is 8.69. The van der Waals surface area contributed by atoms with E-state index in [1.807, 2.05) is 11.9 Å². The predicted molar refractivity (Wildman–Crippen MR) is 76.8 cm³/mol. The van der Waals surface area contributed by atoms with E-state index in [1.165, 1.54) is 19.3 Å². The van der Waals surface area contributed by atoms with Gasteiger partial charge in [0.25, 0.3) is 0 Å². The van der Waals surface area contributed by atoms with E-state index in [0.29, 0.717) is 12.1 Å². The van der Waals surface area contributed by atoms with Crippen molar-refractivity contribution in [2.75, 3.05) is 7.05 Å². The molecule has 18 heavy (non-hydrogen) atoms. The summed E-state index contributed by atoms with van der Waals surface area (Å²) in [6, 6.07) is 0.954. The lowest BCUT2D eigenvalue weighted by Gasteiger charge is -2.31. The van der Waals surface area contributed by atoms with Crippen LogP contribution in [0.1, 0.15) is 71.6 Å². The normalized spacial score (nSPS) is 16.9. The van der Waals surface area contributed by atoms with Crippen LogP contribution in [0.2, 0.25) is 0 Å². The Kier molecular flexibility index (Phi) is 7.14. The number of carbonyl (C=O) groups is 1. The standard InChI is InChI=1S/C15H30N2O/c1-4-9-14(10-5-2)17(3)15(18)16-13-11-7-6-8-12-13/h13-14H,4-12H2,1-3H3,(H,16,18). The van der Waals surface area contributed by atoms with Crippen LogP contribution in [0.3, 0.4) is 0 Å². The molecular weight excluding hydrogens is 224 g/mol. The zero-order chi connectivity index (χ0) is 13.4. The molecule has 1 saturated carbocycles. The van der Waals surface area contributed by atoms with E-state index < -0.39 is 0 Å². The quantitative estimate of drug-likeness (QED) is 0.765. The lowest BCUT2D eigenvalue weighted by Crippen LogP contribution is -2.47. The van der Waals surface area contributed by atoms with E-state index in [1.54, 1.807) is 0 Å². The highest BCUT2D eigenvalue weighted by atomic mass is 16.2. The zero-order valence-corrected chi connectivity index (χ0v) is 12.4. The Bertz CT molecular complexity index is 231. The third-order valence-corrected chi connectivity index (χ3v) is 4.04. The van der Waals surface area contributed by atoms with Crippen molar-refractivity contribution in [1.29, 1.82) is 0 Å². The van der Waals surface area contributed by atoms with Crippen molar-refractivity contribution >= 4 is 6.03 Å². The Balaban J connectivity index is 2.41. The summed E-state index contributed by atoms with van der Waals surface area (Å²) in [6.45, 7) is 4.38. The molecule has 0 aromatic heterocycles. The minimum atomic E-state index is 0.133. The second kappa shape index (κ2) is 8.39. The van der Waals surface area contributed by atoms with Crippen molar-refractivity contribution in [2.24, 2.45) is 0 Å². The number of nitrogens with one attached hydrogen (secondary N) is 1. The third-order valence-electron chi connectivity index (χ3n) is 4.04. The molecule has 1 fully saturated rings. The van der Waals surface area contributed by atoms with Gasteiger partial charge in [-0.25, -0.2) is 4.79 Å². The fourth-order valence-electron chi connectivity index (χ4n) is 2.89. The van der Waals surface area contributed by atoms with Crippen molar-refractivity contribution in [3.63, 3.8) is 0 Å². The highest BCUT2D eigenvalue weighted by Crippen LogP contribution is 2.18. The van der Waals surface area contributed by atoms with Gasteiger partial charge in [0.2, 0.25) is 0 Å². The van der Waals surface area contributed by atoms with Crippen molar-refractivity contribution in [2.45, 2.75) is 83.7 Å². The summed E-state index contributed by atoms with van der Waals surface area (Å²) in [5.74, 6) is 0. The number of rotatable bonds is 6. The van der Waals surface area contributed by atoms with Gasteiger partial charge in [-0.05, 0) is 25.7 Å². The Morgan fingerprint density at radius 1 is 1.17 bits per heavy atom. The fraction of sp³-hybridized carbons (Fsp3) is 0.933. The first-order valence-electron chi connectivity index (χ1n) is 7.72. The summed E-state index contributed by atoms with van der Waals surface area (Å²) >= 11 is 0. The molecule has 0 bridgehead atoms. The van der Waals surface area contributed by atoms with E-state index in [4.69, 9.17) is 0 Å². The summed E-state index contributed by atoms with van der Waals surface area (Å²) in [5, 5.41) is 3.20. The van der Waals surface area contributed by atoms with E-state index in [-0.39, 0.29) is 6.03 Å². The molecule has 0 saturated heterocycles. The van der Waals surface area contributed by atoms with Gasteiger partial charge in [-0.15, -0.1) is 0 Å². The van der Waals surface area contributed by atoms with Gasteiger partial charge >= 0.3 is 6.03 Å². The Morgan fingerprint density at radius 2 is 1.72 bits per heavy atom. The molecule has 1 aliphatic carbocycles. The number of amides is 2. The number of carbonyl (C=O) groups excluding carboxylic acids is 1. The molecule has 0 aromatic rings. The summed E-state index contributed by atoms with van der Waals surface area (Å²) < 4.78 is 0. The van der Waals surface area contributed by atoms with Crippen LogP contribution in [0, 0.1) is 0 Å². The molecule has 0 radical (unpaired) electrons. The molecule has 0 atom stereocenters. The summed E-state index contributed by atoms with van der Waals surface area (Å²) in [7, 11) is 1.95. The highest BCUT2D eigenvalue weighted by Gasteiger charge is 2.22. The van der Waals surface area contributed by atoms with Gasteiger partial charge in [0, 0.05) is 19.1 Å². The van der Waals surface area contributed by atoms with Gasteiger partial charge in [-0.1, -0.05) is 46.0 Å². The van der Waals surface area contributed by atoms with Crippen LogP contribution < -0.4 is 5.32 Å². The topological polar surface area (TPSA) is 32.3 Å². The van der Waals surface area contributed by atoms with Crippen LogP contribution in [0.5, 0.6) is 0 Å². The van der Waals surface area contributed by atoms with Crippen LogP contribution in [0.25, 0.3) is 0 Å². The molecule has 0 heterocycles. The first kappa shape index (κ1) is 15.3. The molecule has 0 unspecified atom stereocenters. The predicted octanol–water partition coefficient (Wildman–Crippen LogP) is 3.93. The van der Waals surface area contributed by atoms with Crippen molar-refractivity contribution in [3.8, 4) is 0 Å². The molecule has 2 amide bonds. The minimum Gasteiger partial charge on any atom is -0.335 e. The molecular formula is C15H30N2O. The molecule has 0 aliphatic heterocycles. The summed E-state index contributed by atoms with van der Waals surface area (Å²) in [5.41, 5.74) is 0. The van der Waals surface area contributed by atoms with Crippen LogP contribution in [-0.4, -0.2) is 30.1 Å². The lowest BCUT2D eigenvalue weighted by atomic mass is 9.95. The molecule has 3 heteroatoms. The fourth-order valence-corrected chi connectivity index (χ4v) is 2.89. The van der Waals surface area contributed by atoms with Gasteiger partial charge in [-0.3, -0.25) is 0 Å². The van der Waals surface area contributed by atoms with E-state index in [0.717, 1.165) is 38.5 Å². The summed E-state index contributed by atoms with van der Waals surface area (Å²) in [4.78, 5) is 14.1. The number of hydrogen-bond donors (Lipinski definition) is 1. The van der Waals surface area contributed by atoms with Gasteiger partial charge in [0.15, 0.2) is 0 Å². The zero-order valence-electron chi connectivity index (χ0n) is 12.4. The van der Waals surface area contributed by atoms with Crippen LogP contribution in [-0.2, 0) is 0 Å². The molecule has 0 spiro atoms. The van der Waals surface area contributed by atoms with E-state index in [9.17, 15) is 4.79 Å². The van der Waals surface area contributed by atoms with E-state index in [2.05, 4.69) is 19.2 Å². The Morgan fingerprint density at radius 3 is 2.22 bits per heavy atom. The van der Waals surface area contributed by atoms with Crippen LogP contribution in [0.15, 0.2) is 0 Å². The van der Waals surface area contributed by atoms with Crippen molar-refractivity contribution < 1.29 is 4.79 Å². The maximum absolute atomic E-state index is 12.2. The lowest BCUT2D eigenvalue weighted by molar-refractivity contribution is 0.175. The van der Waals surface area contributed by atoms with Crippen molar-refractivity contribution in [3.05, 3.63) is 0 Å². The maximum atomic E-state index is 12.2. The maximum Gasteiger partial charge on any atom is 0.317 e. The minimum absolute atomic E-state index is 0.133. The average Bonchev–Trinajstić information content (AvgIpc) is 2.39. The smallest absolute Gasteiger partial charge is 0.317 e. The summed E-state index contributed by atoms with van der Waals surface area (Å²) in [6.07, 6.45) is 10.7. The average molecular weight is 254 g/mol. The monoisotopic (exact) mass is 254 g/mol. The van der Waals surface area contributed by atoms with Gasteiger partial charge in [-0.2, -0.15) is 0 Å². The number of nitrogens with zero attached hydrogens (tertiary/aromatic N) is 1.